The number of amides is 1. The Bertz CT molecular complexity index is 975. The summed E-state index contributed by atoms with van der Waals surface area (Å²) in [6.07, 6.45) is 1.74. The van der Waals surface area contributed by atoms with Gasteiger partial charge in [-0.3, -0.25) is 19.8 Å². The zero-order valence-electron chi connectivity index (χ0n) is 14.1. The Balaban J connectivity index is 1.71. The molecular formula is C17H17N5O2S2. The Morgan fingerprint density at radius 2 is 2.23 bits per heavy atom. The van der Waals surface area contributed by atoms with Crippen molar-refractivity contribution in [1.82, 2.24) is 19.7 Å². The number of nitrogens with one attached hydrogen (secondary N) is 2. The average Bonchev–Trinajstić information content (AvgIpc) is 3.17. The number of rotatable bonds is 7. The van der Waals surface area contributed by atoms with Crippen LogP contribution in [-0.4, -0.2) is 32.3 Å². The number of thiazole rings is 1. The first-order chi connectivity index (χ1) is 12.6. The maximum atomic E-state index is 12.1. The summed E-state index contributed by atoms with van der Waals surface area (Å²) in [5.74, 6) is 1.03. The molecule has 2 aromatic heterocycles. The van der Waals surface area contributed by atoms with Crippen molar-refractivity contribution in [2.75, 3.05) is 11.9 Å². The minimum absolute atomic E-state index is 0.0901. The van der Waals surface area contributed by atoms with E-state index in [1.807, 2.05) is 29.7 Å². The number of nitrogens with zero attached hydrogens (tertiary/aromatic N) is 3. The Kier molecular flexibility index (Phi) is 5.59. The summed E-state index contributed by atoms with van der Waals surface area (Å²) in [6.45, 7) is 6.04. The number of ether oxygens (including phenoxy) is 1. The van der Waals surface area contributed by atoms with Crippen LogP contribution in [0.25, 0.3) is 10.7 Å². The second kappa shape index (κ2) is 8.07. The van der Waals surface area contributed by atoms with Crippen LogP contribution in [0.5, 0.6) is 5.75 Å². The topological polar surface area (TPSA) is 84.8 Å². The predicted octanol–water partition coefficient (Wildman–Crippen LogP) is 3.58. The fourth-order valence-corrected chi connectivity index (χ4v) is 3.46. The molecule has 26 heavy (non-hydrogen) atoms. The van der Waals surface area contributed by atoms with Crippen molar-refractivity contribution < 1.29 is 9.53 Å². The fourth-order valence-electron chi connectivity index (χ4n) is 2.27. The molecule has 1 aromatic carbocycles. The molecule has 9 heteroatoms. The smallest absolute Gasteiger partial charge is 0.264 e. The van der Waals surface area contributed by atoms with Gasteiger partial charge in [-0.05, 0) is 31.3 Å². The lowest BCUT2D eigenvalue weighted by Crippen LogP contribution is -2.20. The summed E-state index contributed by atoms with van der Waals surface area (Å²) < 4.78 is 7.77. The summed E-state index contributed by atoms with van der Waals surface area (Å²) in [5, 5.41) is 10.3. The largest absolute Gasteiger partial charge is 0.484 e. The van der Waals surface area contributed by atoms with Crippen LogP contribution in [0.3, 0.4) is 0 Å². The second-order valence-corrected chi connectivity index (χ2v) is 6.72. The summed E-state index contributed by atoms with van der Waals surface area (Å²) in [4.78, 5) is 17.3. The summed E-state index contributed by atoms with van der Waals surface area (Å²) in [5.41, 5.74) is 0.758. The van der Waals surface area contributed by atoms with E-state index in [0.717, 1.165) is 10.6 Å². The maximum Gasteiger partial charge on any atom is 0.264 e. The van der Waals surface area contributed by atoms with Crippen molar-refractivity contribution in [3.8, 4) is 16.5 Å². The minimum atomic E-state index is -0.279. The SMILES string of the molecule is C=CCn1c(-c2sc(NC(=O)COc3ccccc3)nc2C)n[nH]c1=S. The van der Waals surface area contributed by atoms with Gasteiger partial charge in [0, 0.05) is 6.54 Å². The third kappa shape index (κ3) is 4.06. The lowest BCUT2D eigenvalue weighted by Gasteiger charge is -2.05. The number of aromatic nitrogens is 4. The van der Waals surface area contributed by atoms with E-state index < -0.39 is 0 Å². The lowest BCUT2D eigenvalue weighted by atomic mass is 10.3. The van der Waals surface area contributed by atoms with Crippen LogP contribution in [0, 0.1) is 11.7 Å². The van der Waals surface area contributed by atoms with Gasteiger partial charge in [-0.1, -0.05) is 35.6 Å². The van der Waals surface area contributed by atoms with E-state index in [9.17, 15) is 4.79 Å². The molecule has 0 radical (unpaired) electrons. The third-order valence-electron chi connectivity index (χ3n) is 3.43. The number of anilines is 1. The van der Waals surface area contributed by atoms with Gasteiger partial charge >= 0.3 is 0 Å². The van der Waals surface area contributed by atoms with E-state index in [0.29, 0.717) is 28.0 Å². The van der Waals surface area contributed by atoms with Crippen LogP contribution in [-0.2, 0) is 11.3 Å². The van der Waals surface area contributed by atoms with Crippen LogP contribution >= 0.6 is 23.6 Å². The number of H-pyrrole nitrogens is 1. The average molecular weight is 387 g/mol. The molecule has 1 amide bonds. The molecule has 3 rings (SSSR count). The number of carbonyl (C=O) groups is 1. The molecule has 0 unspecified atom stereocenters. The number of carbonyl (C=O) groups excluding carboxylic acids is 1. The van der Waals surface area contributed by atoms with Crippen molar-refractivity contribution in [2.24, 2.45) is 0 Å². The quantitative estimate of drug-likeness (QED) is 0.478. The zero-order valence-corrected chi connectivity index (χ0v) is 15.7. The molecule has 0 aliphatic rings. The predicted molar refractivity (Wildman–Crippen MR) is 104 cm³/mol. The number of allylic oxidation sites excluding steroid dienone is 1. The molecule has 0 saturated heterocycles. The van der Waals surface area contributed by atoms with Gasteiger partial charge in [-0.25, -0.2) is 4.98 Å². The van der Waals surface area contributed by atoms with E-state index in [2.05, 4.69) is 27.1 Å². The number of hydrogen-bond acceptors (Lipinski definition) is 6. The molecule has 0 bridgehead atoms. The summed E-state index contributed by atoms with van der Waals surface area (Å²) >= 11 is 6.57. The maximum absolute atomic E-state index is 12.1. The number of benzene rings is 1. The molecule has 7 nitrogen and oxygen atoms in total. The highest BCUT2D eigenvalue weighted by atomic mass is 32.1. The van der Waals surface area contributed by atoms with Crippen molar-refractivity contribution >= 4 is 34.6 Å². The molecule has 134 valence electrons. The second-order valence-electron chi connectivity index (χ2n) is 5.34. The minimum Gasteiger partial charge on any atom is -0.484 e. The van der Waals surface area contributed by atoms with Gasteiger partial charge in [0.05, 0.1) is 10.6 Å². The van der Waals surface area contributed by atoms with Gasteiger partial charge in [0.1, 0.15) is 5.75 Å². The Labute approximate surface area is 159 Å². The molecule has 0 saturated carbocycles. The first kappa shape index (κ1) is 18.0. The Morgan fingerprint density at radius 1 is 1.46 bits per heavy atom. The van der Waals surface area contributed by atoms with E-state index in [-0.39, 0.29) is 12.5 Å². The monoisotopic (exact) mass is 387 g/mol. The zero-order chi connectivity index (χ0) is 18.5. The summed E-state index contributed by atoms with van der Waals surface area (Å²) in [7, 11) is 0. The van der Waals surface area contributed by atoms with Crippen LogP contribution in [0.4, 0.5) is 5.13 Å². The van der Waals surface area contributed by atoms with Crippen molar-refractivity contribution in [3.05, 3.63) is 53.5 Å². The summed E-state index contributed by atoms with van der Waals surface area (Å²) in [6, 6.07) is 9.16. The van der Waals surface area contributed by atoms with E-state index >= 15 is 0 Å². The standard InChI is InChI=1S/C17H17N5O2S2/c1-3-9-22-15(20-21-17(22)25)14-11(2)18-16(26-14)19-13(23)10-24-12-7-5-4-6-8-12/h3-8H,1,9-10H2,2H3,(H,21,25)(H,18,19,23). The molecule has 2 N–H and O–H groups in total. The highest BCUT2D eigenvalue weighted by Crippen LogP contribution is 2.31. The normalized spacial score (nSPS) is 10.5. The number of aryl methyl sites for hydroxylation is 1. The van der Waals surface area contributed by atoms with Gasteiger partial charge < -0.3 is 4.74 Å². The molecule has 2 heterocycles. The highest BCUT2D eigenvalue weighted by Gasteiger charge is 2.17. The van der Waals surface area contributed by atoms with Gasteiger partial charge in [-0.2, -0.15) is 5.10 Å². The fraction of sp³-hybridized carbons (Fsp3) is 0.176. The van der Waals surface area contributed by atoms with E-state index in [1.54, 1.807) is 18.2 Å². The van der Waals surface area contributed by atoms with Crippen LogP contribution in [0.1, 0.15) is 5.69 Å². The van der Waals surface area contributed by atoms with Gasteiger partial charge in [0.15, 0.2) is 22.3 Å². The van der Waals surface area contributed by atoms with Crippen molar-refractivity contribution in [1.29, 1.82) is 0 Å². The number of hydrogen-bond donors (Lipinski definition) is 2. The first-order valence-corrected chi connectivity index (χ1v) is 9.02. The molecular weight excluding hydrogens is 370 g/mol. The molecule has 0 spiro atoms. The van der Waals surface area contributed by atoms with Crippen LogP contribution in [0.2, 0.25) is 0 Å². The van der Waals surface area contributed by atoms with Crippen molar-refractivity contribution in [2.45, 2.75) is 13.5 Å². The third-order valence-corrected chi connectivity index (χ3v) is 4.81. The molecule has 0 aliphatic heterocycles. The van der Waals surface area contributed by atoms with Crippen LogP contribution in [0.15, 0.2) is 43.0 Å². The molecule has 3 aromatic rings. The van der Waals surface area contributed by atoms with E-state index in [4.69, 9.17) is 17.0 Å². The first-order valence-electron chi connectivity index (χ1n) is 7.80. The van der Waals surface area contributed by atoms with Gasteiger partial charge in [0.25, 0.3) is 5.91 Å². The highest BCUT2D eigenvalue weighted by molar-refractivity contribution is 7.71. The Hall–Kier alpha value is -2.78. The molecule has 0 atom stereocenters. The molecule has 0 fully saturated rings. The number of para-hydroxylation sites is 1. The van der Waals surface area contributed by atoms with Gasteiger partial charge in [-0.15, -0.1) is 6.58 Å². The Morgan fingerprint density at radius 3 is 2.96 bits per heavy atom. The van der Waals surface area contributed by atoms with Gasteiger partial charge in [0.2, 0.25) is 0 Å². The van der Waals surface area contributed by atoms with Crippen LogP contribution < -0.4 is 10.1 Å². The molecule has 0 aliphatic carbocycles. The number of aromatic amines is 1. The van der Waals surface area contributed by atoms with Crippen molar-refractivity contribution in [3.63, 3.8) is 0 Å². The van der Waals surface area contributed by atoms with E-state index in [1.165, 1.54) is 11.3 Å². The lowest BCUT2D eigenvalue weighted by molar-refractivity contribution is -0.118.